The highest BCUT2D eigenvalue weighted by Gasteiger charge is 2.31. The lowest BCUT2D eigenvalue weighted by Gasteiger charge is -2.14. The van der Waals surface area contributed by atoms with Gasteiger partial charge in [-0.2, -0.15) is 0 Å². The first-order valence-electron chi connectivity index (χ1n) is 6.42. The topological polar surface area (TPSA) is 49.3 Å². The maximum atomic E-state index is 11.0. The molecular formula is C14H16BrNO2. The standard InChI is InChI=1S/C14H16BrNO2/c15-12-5-9(4-8-2-1-3-11(8)12)13-6-10(7-16-13)14(17)18/h4-5,10,13,16H,1-3,6-7H2,(H,17,18). The molecular weight excluding hydrogens is 294 g/mol. The SMILES string of the molecule is O=C(O)C1CNC(c2cc(Br)c3c(c2)CCC3)C1. The van der Waals surface area contributed by atoms with E-state index < -0.39 is 5.97 Å². The summed E-state index contributed by atoms with van der Waals surface area (Å²) in [5, 5.41) is 12.4. The molecule has 0 radical (unpaired) electrons. The molecule has 2 N–H and O–H groups in total. The number of rotatable bonds is 2. The number of carboxylic acids is 1. The minimum absolute atomic E-state index is 0.188. The Bertz CT molecular complexity index is 501. The minimum Gasteiger partial charge on any atom is -0.481 e. The first-order valence-corrected chi connectivity index (χ1v) is 7.22. The molecule has 1 aliphatic heterocycles. The fraction of sp³-hybridized carbons (Fsp3) is 0.500. The van der Waals surface area contributed by atoms with Crippen LogP contribution in [0, 0.1) is 5.92 Å². The summed E-state index contributed by atoms with van der Waals surface area (Å²) in [4.78, 5) is 11.0. The van der Waals surface area contributed by atoms with Gasteiger partial charge in [-0.05, 0) is 48.4 Å². The molecule has 18 heavy (non-hydrogen) atoms. The molecule has 2 atom stereocenters. The van der Waals surface area contributed by atoms with Crippen molar-refractivity contribution in [1.29, 1.82) is 0 Å². The van der Waals surface area contributed by atoms with Crippen LogP contribution in [0.5, 0.6) is 0 Å². The number of fused-ring (bicyclic) bond motifs is 1. The van der Waals surface area contributed by atoms with Crippen molar-refractivity contribution in [3.05, 3.63) is 33.3 Å². The van der Waals surface area contributed by atoms with Crippen LogP contribution in [0.1, 0.15) is 35.6 Å². The van der Waals surface area contributed by atoms with Crippen molar-refractivity contribution >= 4 is 21.9 Å². The zero-order chi connectivity index (χ0) is 12.7. The second-order valence-electron chi connectivity index (χ2n) is 5.23. The highest BCUT2D eigenvalue weighted by molar-refractivity contribution is 9.10. The van der Waals surface area contributed by atoms with Crippen molar-refractivity contribution in [3.8, 4) is 0 Å². The molecule has 0 saturated carbocycles. The third-order valence-corrected chi connectivity index (χ3v) is 4.77. The highest BCUT2D eigenvalue weighted by atomic mass is 79.9. The number of halogens is 1. The number of aryl methyl sites for hydroxylation is 1. The molecule has 96 valence electrons. The normalized spacial score (nSPS) is 26.3. The number of benzene rings is 1. The van der Waals surface area contributed by atoms with E-state index in [1.165, 1.54) is 27.6 Å². The second-order valence-corrected chi connectivity index (χ2v) is 6.08. The first kappa shape index (κ1) is 12.2. The number of hydrogen-bond acceptors (Lipinski definition) is 2. The molecule has 1 aliphatic carbocycles. The molecule has 1 saturated heterocycles. The highest BCUT2D eigenvalue weighted by Crippen LogP contribution is 2.35. The monoisotopic (exact) mass is 309 g/mol. The number of nitrogens with one attached hydrogen (secondary N) is 1. The van der Waals surface area contributed by atoms with Gasteiger partial charge in [0, 0.05) is 17.1 Å². The van der Waals surface area contributed by atoms with Gasteiger partial charge in [0.2, 0.25) is 0 Å². The molecule has 0 bridgehead atoms. The Hall–Kier alpha value is -0.870. The Kier molecular flexibility index (Phi) is 3.16. The zero-order valence-corrected chi connectivity index (χ0v) is 11.7. The molecule has 0 amide bonds. The Labute approximate surface area is 115 Å². The average molecular weight is 310 g/mol. The number of hydrogen-bond donors (Lipinski definition) is 2. The van der Waals surface area contributed by atoms with E-state index >= 15 is 0 Å². The van der Waals surface area contributed by atoms with E-state index in [9.17, 15) is 4.79 Å². The number of carbonyl (C=O) groups is 1. The predicted octanol–water partition coefficient (Wildman–Crippen LogP) is 2.67. The molecule has 3 nitrogen and oxygen atoms in total. The Morgan fingerprint density at radius 1 is 1.39 bits per heavy atom. The summed E-state index contributed by atoms with van der Waals surface area (Å²) in [6.07, 6.45) is 4.23. The lowest BCUT2D eigenvalue weighted by atomic mass is 9.97. The average Bonchev–Trinajstić information content (AvgIpc) is 2.97. The van der Waals surface area contributed by atoms with Gasteiger partial charge in [0.1, 0.15) is 0 Å². The fourth-order valence-corrected chi connectivity index (χ4v) is 3.77. The molecule has 4 heteroatoms. The quantitative estimate of drug-likeness (QED) is 0.883. The molecule has 0 aromatic heterocycles. The molecule has 1 heterocycles. The van der Waals surface area contributed by atoms with Crippen LogP contribution in [0.15, 0.2) is 16.6 Å². The van der Waals surface area contributed by atoms with Crippen LogP contribution < -0.4 is 5.32 Å². The van der Waals surface area contributed by atoms with Crippen molar-refractivity contribution in [3.63, 3.8) is 0 Å². The Balaban J connectivity index is 1.86. The van der Waals surface area contributed by atoms with Gasteiger partial charge in [0.25, 0.3) is 0 Å². The van der Waals surface area contributed by atoms with Gasteiger partial charge in [-0.15, -0.1) is 0 Å². The van der Waals surface area contributed by atoms with Crippen LogP contribution in [-0.2, 0) is 17.6 Å². The van der Waals surface area contributed by atoms with Crippen LogP contribution in [0.25, 0.3) is 0 Å². The van der Waals surface area contributed by atoms with Crippen LogP contribution in [0.4, 0.5) is 0 Å². The Morgan fingerprint density at radius 2 is 2.22 bits per heavy atom. The van der Waals surface area contributed by atoms with Gasteiger partial charge in [-0.1, -0.05) is 22.0 Å². The van der Waals surface area contributed by atoms with Crippen molar-refractivity contribution in [2.24, 2.45) is 5.92 Å². The van der Waals surface area contributed by atoms with Crippen molar-refractivity contribution in [2.45, 2.75) is 31.7 Å². The third-order valence-electron chi connectivity index (χ3n) is 4.07. The smallest absolute Gasteiger partial charge is 0.307 e. The molecule has 0 spiro atoms. The van der Waals surface area contributed by atoms with Gasteiger partial charge >= 0.3 is 5.97 Å². The van der Waals surface area contributed by atoms with Gasteiger partial charge in [0.05, 0.1) is 5.92 Å². The summed E-state index contributed by atoms with van der Waals surface area (Å²) in [5.74, 6) is -0.938. The van der Waals surface area contributed by atoms with Crippen LogP contribution in [0.3, 0.4) is 0 Å². The molecule has 1 fully saturated rings. The van der Waals surface area contributed by atoms with Gasteiger partial charge in [-0.3, -0.25) is 4.79 Å². The maximum Gasteiger partial charge on any atom is 0.307 e. The lowest BCUT2D eigenvalue weighted by Crippen LogP contribution is -2.17. The first-order chi connectivity index (χ1) is 8.65. The predicted molar refractivity (Wildman–Crippen MR) is 72.7 cm³/mol. The van der Waals surface area contributed by atoms with Crippen LogP contribution in [0.2, 0.25) is 0 Å². The fourth-order valence-electron chi connectivity index (χ4n) is 3.05. The van der Waals surface area contributed by atoms with E-state index in [0.717, 1.165) is 12.8 Å². The molecule has 3 rings (SSSR count). The summed E-state index contributed by atoms with van der Waals surface area (Å²) < 4.78 is 1.19. The van der Waals surface area contributed by atoms with E-state index in [1.807, 2.05) is 0 Å². The van der Waals surface area contributed by atoms with Crippen molar-refractivity contribution in [1.82, 2.24) is 5.32 Å². The Morgan fingerprint density at radius 3 is 2.94 bits per heavy atom. The molecule has 1 aromatic rings. The summed E-state index contributed by atoms with van der Waals surface area (Å²) in [7, 11) is 0. The van der Waals surface area contributed by atoms with E-state index in [4.69, 9.17) is 5.11 Å². The van der Waals surface area contributed by atoms with E-state index in [-0.39, 0.29) is 12.0 Å². The summed E-state index contributed by atoms with van der Waals surface area (Å²) in [5.41, 5.74) is 4.10. The van der Waals surface area contributed by atoms with Gasteiger partial charge < -0.3 is 10.4 Å². The second kappa shape index (κ2) is 4.67. The zero-order valence-electron chi connectivity index (χ0n) is 10.1. The van der Waals surface area contributed by atoms with Crippen molar-refractivity contribution in [2.75, 3.05) is 6.54 Å². The number of aliphatic carboxylic acids is 1. The van der Waals surface area contributed by atoms with Gasteiger partial charge in [-0.25, -0.2) is 0 Å². The summed E-state index contributed by atoms with van der Waals surface area (Å²) in [6, 6.07) is 4.61. The van der Waals surface area contributed by atoms with Crippen LogP contribution in [-0.4, -0.2) is 17.6 Å². The number of carboxylic acid groups (broad SMARTS) is 1. The molecule has 2 unspecified atom stereocenters. The third kappa shape index (κ3) is 2.08. The van der Waals surface area contributed by atoms with Crippen LogP contribution >= 0.6 is 15.9 Å². The molecule has 1 aromatic carbocycles. The summed E-state index contributed by atoms with van der Waals surface area (Å²) in [6.45, 7) is 0.578. The minimum atomic E-state index is -0.690. The van der Waals surface area contributed by atoms with E-state index in [1.54, 1.807) is 0 Å². The van der Waals surface area contributed by atoms with E-state index in [2.05, 4.69) is 33.4 Å². The largest absolute Gasteiger partial charge is 0.481 e. The lowest BCUT2D eigenvalue weighted by molar-refractivity contribution is -0.141. The maximum absolute atomic E-state index is 11.0. The molecule has 2 aliphatic rings. The summed E-state index contributed by atoms with van der Waals surface area (Å²) >= 11 is 3.65. The van der Waals surface area contributed by atoms with E-state index in [0.29, 0.717) is 13.0 Å². The van der Waals surface area contributed by atoms with Gasteiger partial charge in [0.15, 0.2) is 0 Å². The van der Waals surface area contributed by atoms with Crippen molar-refractivity contribution < 1.29 is 9.90 Å².